The average molecular weight is 595 g/mol. The maximum atomic E-state index is 3.90. The van der Waals surface area contributed by atoms with Gasteiger partial charge in [-0.25, -0.2) is 0 Å². The summed E-state index contributed by atoms with van der Waals surface area (Å²) in [4.78, 5) is 9.70. The van der Waals surface area contributed by atoms with Gasteiger partial charge in [-0.1, -0.05) is 117 Å². The van der Waals surface area contributed by atoms with Crippen molar-refractivity contribution in [3.8, 4) is 0 Å². The molecule has 0 aromatic heterocycles. The van der Waals surface area contributed by atoms with E-state index in [1.54, 1.807) is 0 Å². The first kappa shape index (κ1) is 40.7. The molecular weight excluding hydrogens is 524 g/mol. The van der Waals surface area contributed by atoms with Crippen molar-refractivity contribution < 1.29 is 0 Å². The number of hydrogen-bond donors (Lipinski definition) is 0. The van der Waals surface area contributed by atoms with E-state index >= 15 is 0 Å². The molecule has 0 atom stereocenters. The molecule has 0 amide bonds. The average Bonchev–Trinajstić information content (AvgIpc) is 3.06. The monoisotopic (exact) mass is 595 g/mol. The van der Waals surface area contributed by atoms with Gasteiger partial charge in [0, 0.05) is 58.0 Å². The Morgan fingerprint density at radius 2 is 1.53 bits per heavy atom. The van der Waals surface area contributed by atoms with Crippen LogP contribution in [0.2, 0.25) is 0 Å². The number of likely N-dealkylation sites (N-methyl/N-ethyl adjacent to an activating group) is 1. The molecule has 0 N–H and O–H groups in total. The second-order valence-corrected chi connectivity index (χ2v) is 11.7. The summed E-state index contributed by atoms with van der Waals surface area (Å²) >= 11 is 0. The summed E-state index contributed by atoms with van der Waals surface area (Å²) in [5, 5.41) is 0. The molecule has 1 aliphatic carbocycles. The van der Waals surface area contributed by atoms with Crippen molar-refractivity contribution in [2.45, 2.75) is 92.9 Å². The summed E-state index contributed by atoms with van der Waals surface area (Å²) < 4.78 is 0. The summed E-state index contributed by atoms with van der Waals surface area (Å²) in [6.45, 7) is 39.5. The lowest BCUT2D eigenvalue weighted by molar-refractivity contribution is 0.176. The van der Waals surface area contributed by atoms with Crippen molar-refractivity contribution in [1.29, 1.82) is 0 Å². The van der Waals surface area contributed by atoms with Crippen LogP contribution in [0.5, 0.6) is 0 Å². The first-order valence-corrected chi connectivity index (χ1v) is 17.4. The molecule has 246 valence electrons. The second kappa shape index (κ2) is 27.3. The number of rotatable bonds is 15. The van der Waals surface area contributed by atoms with E-state index in [1.807, 2.05) is 38.3 Å². The summed E-state index contributed by atoms with van der Waals surface area (Å²) in [6, 6.07) is 6.56. The molecule has 0 spiro atoms. The van der Waals surface area contributed by atoms with E-state index < -0.39 is 0 Å². The highest BCUT2D eigenvalue weighted by Crippen LogP contribution is 2.23. The molecule has 0 bridgehead atoms. The van der Waals surface area contributed by atoms with Crippen LogP contribution in [0.4, 0.5) is 5.69 Å². The number of hydrogen-bond acceptors (Lipinski definition) is 4. The SMILES string of the molecule is C=CCCN(CCN(CC=C)CCCC)c1cc(C=C)ccc1C.C=CN1CCN(CC)CC1.CC.CC1CCCCC1. The fraction of sp³-hybridized carbons (Fsp3) is 0.641. The summed E-state index contributed by atoms with van der Waals surface area (Å²) in [6.07, 6.45) is 18.8. The number of benzene rings is 1. The van der Waals surface area contributed by atoms with Crippen molar-refractivity contribution in [2.75, 3.05) is 70.3 Å². The Hall–Kier alpha value is -2.30. The van der Waals surface area contributed by atoms with Crippen LogP contribution < -0.4 is 4.90 Å². The van der Waals surface area contributed by atoms with Crippen LogP contribution in [-0.4, -0.2) is 80.1 Å². The Bertz CT molecular complexity index is 834. The Balaban J connectivity index is 0.000000750. The molecule has 1 aromatic carbocycles. The molecule has 0 radical (unpaired) electrons. The molecule has 3 rings (SSSR count). The van der Waals surface area contributed by atoms with Crippen molar-refractivity contribution in [3.05, 3.63) is 74.0 Å². The van der Waals surface area contributed by atoms with Crippen LogP contribution in [0.25, 0.3) is 6.08 Å². The van der Waals surface area contributed by atoms with Crippen LogP contribution in [0.3, 0.4) is 0 Å². The van der Waals surface area contributed by atoms with Gasteiger partial charge in [0.05, 0.1) is 0 Å². The van der Waals surface area contributed by atoms with E-state index in [1.165, 1.54) is 81.4 Å². The second-order valence-electron chi connectivity index (χ2n) is 11.7. The minimum absolute atomic E-state index is 0.959. The van der Waals surface area contributed by atoms with E-state index in [2.05, 4.69) is 91.8 Å². The Kier molecular flexibility index (Phi) is 25.8. The third kappa shape index (κ3) is 18.9. The first-order valence-electron chi connectivity index (χ1n) is 17.4. The van der Waals surface area contributed by atoms with Gasteiger partial charge in [-0.2, -0.15) is 0 Å². The molecule has 1 aliphatic heterocycles. The van der Waals surface area contributed by atoms with Crippen LogP contribution >= 0.6 is 0 Å². The predicted molar refractivity (Wildman–Crippen MR) is 197 cm³/mol. The van der Waals surface area contributed by atoms with Gasteiger partial charge in [-0.05, 0) is 62.2 Å². The van der Waals surface area contributed by atoms with Crippen LogP contribution in [0, 0.1) is 12.8 Å². The zero-order chi connectivity index (χ0) is 32.3. The zero-order valence-corrected chi connectivity index (χ0v) is 29.5. The van der Waals surface area contributed by atoms with Crippen molar-refractivity contribution in [1.82, 2.24) is 14.7 Å². The van der Waals surface area contributed by atoms with Gasteiger partial charge in [0.2, 0.25) is 0 Å². The van der Waals surface area contributed by atoms with Gasteiger partial charge in [0.1, 0.15) is 0 Å². The van der Waals surface area contributed by atoms with Gasteiger partial charge in [0.25, 0.3) is 0 Å². The lowest BCUT2D eigenvalue weighted by Gasteiger charge is -2.32. The lowest BCUT2D eigenvalue weighted by atomic mass is 9.91. The first-order chi connectivity index (χ1) is 20.9. The van der Waals surface area contributed by atoms with Gasteiger partial charge in [-0.3, -0.25) is 4.90 Å². The maximum Gasteiger partial charge on any atom is 0.0402 e. The number of anilines is 1. The van der Waals surface area contributed by atoms with E-state index in [0.29, 0.717) is 0 Å². The third-order valence-electron chi connectivity index (χ3n) is 8.32. The van der Waals surface area contributed by atoms with Crippen molar-refractivity contribution >= 4 is 11.8 Å². The Labute approximate surface area is 269 Å². The molecule has 1 saturated carbocycles. The van der Waals surface area contributed by atoms with Gasteiger partial charge < -0.3 is 14.7 Å². The molecule has 4 nitrogen and oxygen atoms in total. The minimum Gasteiger partial charge on any atom is -0.375 e. The highest BCUT2D eigenvalue weighted by atomic mass is 15.2. The highest BCUT2D eigenvalue weighted by molar-refractivity contribution is 5.61. The van der Waals surface area contributed by atoms with E-state index in [4.69, 9.17) is 0 Å². The van der Waals surface area contributed by atoms with E-state index in [-0.39, 0.29) is 0 Å². The summed E-state index contributed by atoms with van der Waals surface area (Å²) in [5.74, 6) is 1.04. The molecule has 1 saturated heterocycles. The zero-order valence-electron chi connectivity index (χ0n) is 29.5. The number of unbranched alkanes of at least 4 members (excludes halogenated alkanes) is 1. The normalized spacial score (nSPS) is 15.1. The topological polar surface area (TPSA) is 13.0 Å². The van der Waals surface area contributed by atoms with Crippen LogP contribution in [-0.2, 0) is 0 Å². The molecule has 4 heteroatoms. The number of aryl methyl sites for hydroxylation is 1. The molecular formula is C39H70N4. The summed E-state index contributed by atoms with van der Waals surface area (Å²) in [5.41, 5.74) is 3.80. The quantitative estimate of drug-likeness (QED) is 0.187. The number of piperazine rings is 1. The number of nitrogens with zero attached hydrogens (tertiary/aromatic N) is 4. The van der Waals surface area contributed by atoms with Crippen LogP contribution in [0.15, 0.2) is 62.9 Å². The Morgan fingerprint density at radius 1 is 0.860 bits per heavy atom. The fourth-order valence-electron chi connectivity index (χ4n) is 5.38. The molecule has 43 heavy (non-hydrogen) atoms. The fourth-order valence-corrected chi connectivity index (χ4v) is 5.38. The lowest BCUT2D eigenvalue weighted by Crippen LogP contribution is -2.43. The molecule has 2 aliphatic rings. The van der Waals surface area contributed by atoms with Crippen LogP contribution in [0.1, 0.15) is 97.1 Å². The standard InChI is InChI=1S/C22H34N2.C8H16N2.C7H14.C2H6/c1-6-10-15-23(14-8-3)17-18-24(16-11-7-2)22-19-21(9-4)13-12-20(22)5;1-3-9-5-7-10(4-2)8-6-9;1-7-5-3-2-4-6-7;1-2/h7-9,12-13,19H,2-4,6,10-11,14-18H2,1,5H3;3H,1,4-8H2,2H3;7H,2-6H2,1H3;1-2H3. The van der Waals surface area contributed by atoms with Crippen molar-refractivity contribution in [3.63, 3.8) is 0 Å². The Morgan fingerprint density at radius 3 is 2.02 bits per heavy atom. The predicted octanol–water partition coefficient (Wildman–Crippen LogP) is 9.69. The van der Waals surface area contributed by atoms with Gasteiger partial charge in [0.15, 0.2) is 0 Å². The molecule has 2 fully saturated rings. The highest BCUT2D eigenvalue weighted by Gasteiger charge is 2.12. The third-order valence-corrected chi connectivity index (χ3v) is 8.32. The summed E-state index contributed by atoms with van der Waals surface area (Å²) in [7, 11) is 0. The maximum absolute atomic E-state index is 3.90. The van der Waals surface area contributed by atoms with Gasteiger partial charge in [-0.15, -0.1) is 13.2 Å². The van der Waals surface area contributed by atoms with E-state index in [0.717, 1.165) is 58.2 Å². The van der Waals surface area contributed by atoms with Gasteiger partial charge >= 0.3 is 0 Å². The van der Waals surface area contributed by atoms with Crippen molar-refractivity contribution in [2.24, 2.45) is 5.92 Å². The molecule has 1 aromatic rings. The minimum atomic E-state index is 0.959. The van der Waals surface area contributed by atoms with E-state index in [9.17, 15) is 0 Å². The molecule has 0 unspecified atom stereocenters. The molecule has 1 heterocycles. The smallest absolute Gasteiger partial charge is 0.0402 e. The largest absolute Gasteiger partial charge is 0.375 e.